The first-order valence-electron chi connectivity index (χ1n) is 7.78. The summed E-state index contributed by atoms with van der Waals surface area (Å²) in [6, 6.07) is 0.392. The molecule has 0 saturated carbocycles. The van der Waals surface area contributed by atoms with Crippen LogP contribution in [0.5, 0.6) is 0 Å². The molecule has 2 N–H and O–H groups in total. The molecule has 0 radical (unpaired) electrons. The van der Waals surface area contributed by atoms with Gasteiger partial charge in [0, 0.05) is 31.5 Å². The molecule has 3 unspecified atom stereocenters. The van der Waals surface area contributed by atoms with Gasteiger partial charge in [-0.05, 0) is 38.1 Å². The highest BCUT2D eigenvalue weighted by molar-refractivity contribution is 5.85. The van der Waals surface area contributed by atoms with Gasteiger partial charge in [0.15, 0.2) is 0 Å². The Hall–Kier alpha value is -0.320. The lowest BCUT2D eigenvalue weighted by Gasteiger charge is -2.34. The van der Waals surface area contributed by atoms with Crippen molar-refractivity contribution in [2.24, 2.45) is 11.8 Å². The smallest absolute Gasteiger partial charge is 0.221 e. The molecule has 2 heterocycles. The molecule has 0 aliphatic carbocycles. The fourth-order valence-corrected chi connectivity index (χ4v) is 3.29. The maximum absolute atomic E-state index is 11.9. The van der Waals surface area contributed by atoms with E-state index in [1.165, 1.54) is 12.8 Å². The summed E-state index contributed by atoms with van der Waals surface area (Å²) in [5.74, 6) is 1.19. The van der Waals surface area contributed by atoms with Gasteiger partial charge in [-0.1, -0.05) is 13.8 Å². The first-order chi connectivity index (χ1) is 9.16. The normalized spacial score (nSPS) is 30.1. The molecule has 0 aromatic heterocycles. The third-order valence-corrected chi connectivity index (χ3v) is 4.31. The summed E-state index contributed by atoms with van der Waals surface area (Å²) in [7, 11) is 0. The molecule has 2 aliphatic heterocycles. The van der Waals surface area contributed by atoms with Crippen molar-refractivity contribution in [3.63, 3.8) is 0 Å². The van der Waals surface area contributed by atoms with Gasteiger partial charge in [-0.25, -0.2) is 0 Å². The second kappa shape index (κ2) is 8.85. The molecule has 1 amide bonds. The minimum absolute atomic E-state index is 0. The molecule has 2 aliphatic rings. The number of carbonyl (C=O) groups is 1. The van der Waals surface area contributed by atoms with E-state index in [4.69, 9.17) is 4.74 Å². The van der Waals surface area contributed by atoms with Crippen molar-refractivity contribution in [1.29, 1.82) is 0 Å². The van der Waals surface area contributed by atoms with E-state index in [0.29, 0.717) is 30.4 Å². The van der Waals surface area contributed by atoms with Gasteiger partial charge in [-0.2, -0.15) is 0 Å². The van der Waals surface area contributed by atoms with E-state index >= 15 is 0 Å². The lowest BCUT2D eigenvalue weighted by molar-refractivity contribution is -0.122. The summed E-state index contributed by atoms with van der Waals surface area (Å²) in [6.45, 7) is 7.11. The van der Waals surface area contributed by atoms with Crippen LogP contribution >= 0.6 is 12.4 Å². The van der Waals surface area contributed by atoms with Gasteiger partial charge in [-0.3, -0.25) is 4.79 Å². The first kappa shape index (κ1) is 17.7. The number of hydrogen-bond donors (Lipinski definition) is 2. The van der Waals surface area contributed by atoms with E-state index in [1.54, 1.807) is 0 Å². The molecule has 2 fully saturated rings. The zero-order valence-electron chi connectivity index (χ0n) is 12.7. The number of rotatable bonds is 5. The fraction of sp³-hybridized carbons (Fsp3) is 0.933. The molecular formula is C15H29ClN2O2. The van der Waals surface area contributed by atoms with E-state index < -0.39 is 0 Å². The predicted octanol–water partition coefficient (Wildman–Crippen LogP) is 2.12. The summed E-state index contributed by atoms with van der Waals surface area (Å²) < 4.78 is 5.85. The number of amides is 1. The largest absolute Gasteiger partial charge is 0.378 e. The number of hydrogen-bond acceptors (Lipinski definition) is 3. The maximum atomic E-state index is 11.9. The average Bonchev–Trinajstić information content (AvgIpc) is 2.89. The van der Waals surface area contributed by atoms with Crippen LogP contribution in [0.15, 0.2) is 0 Å². The molecular weight excluding hydrogens is 276 g/mol. The van der Waals surface area contributed by atoms with Crippen LogP contribution < -0.4 is 10.6 Å². The molecule has 20 heavy (non-hydrogen) atoms. The van der Waals surface area contributed by atoms with Gasteiger partial charge in [-0.15, -0.1) is 12.4 Å². The van der Waals surface area contributed by atoms with Crippen molar-refractivity contribution in [1.82, 2.24) is 10.6 Å². The third-order valence-electron chi connectivity index (χ3n) is 4.31. The van der Waals surface area contributed by atoms with E-state index in [1.807, 2.05) is 0 Å². The number of nitrogens with one attached hydrogen (secondary N) is 2. The molecule has 4 nitrogen and oxygen atoms in total. The Kier molecular flexibility index (Phi) is 7.85. The Labute approximate surface area is 128 Å². The van der Waals surface area contributed by atoms with Gasteiger partial charge in [0.05, 0.1) is 6.10 Å². The molecule has 2 saturated heterocycles. The van der Waals surface area contributed by atoms with E-state index in [-0.39, 0.29) is 18.3 Å². The van der Waals surface area contributed by atoms with E-state index in [9.17, 15) is 4.79 Å². The molecule has 2 rings (SSSR count). The minimum atomic E-state index is 0. The Balaban J connectivity index is 0.00000200. The van der Waals surface area contributed by atoms with E-state index in [2.05, 4.69) is 24.5 Å². The van der Waals surface area contributed by atoms with Crippen LogP contribution in [-0.2, 0) is 9.53 Å². The Morgan fingerprint density at radius 2 is 2.15 bits per heavy atom. The van der Waals surface area contributed by atoms with Crippen molar-refractivity contribution in [2.75, 3.05) is 19.7 Å². The third kappa shape index (κ3) is 5.23. The zero-order valence-corrected chi connectivity index (χ0v) is 13.5. The molecule has 0 aromatic rings. The predicted molar refractivity (Wildman–Crippen MR) is 83.2 cm³/mol. The SMILES string of the molecule is CC(C)C1OCCCC1CNC(=O)CC1CCCN1.Cl. The summed E-state index contributed by atoms with van der Waals surface area (Å²) in [5, 5.41) is 6.47. The van der Waals surface area contributed by atoms with Crippen molar-refractivity contribution in [3.8, 4) is 0 Å². The maximum Gasteiger partial charge on any atom is 0.221 e. The zero-order chi connectivity index (χ0) is 13.7. The van der Waals surface area contributed by atoms with Crippen LogP contribution in [0.25, 0.3) is 0 Å². The Morgan fingerprint density at radius 3 is 2.80 bits per heavy atom. The van der Waals surface area contributed by atoms with Crippen LogP contribution in [0.4, 0.5) is 0 Å². The summed E-state index contributed by atoms with van der Waals surface area (Å²) in [6.07, 6.45) is 5.55. The highest BCUT2D eigenvalue weighted by Gasteiger charge is 2.29. The second-order valence-electron chi connectivity index (χ2n) is 6.28. The first-order valence-corrected chi connectivity index (χ1v) is 7.78. The van der Waals surface area contributed by atoms with Gasteiger partial charge in [0.25, 0.3) is 0 Å². The quantitative estimate of drug-likeness (QED) is 0.818. The summed E-state index contributed by atoms with van der Waals surface area (Å²) >= 11 is 0. The highest BCUT2D eigenvalue weighted by Crippen LogP contribution is 2.25. The van der Waals surface area contributed by atoms with Crippen LogP contribution in [-0.4, -0.2) is 37.7 Å². The topological polar surface area (TPSA) is 50.4 Å². The Bertz CT molecular complexity index is 294. The monoisotopic (exact) mass is 304 g/mol. The summed E-state index contributed by atoms with van der Waals surface area (Å²) in [4.78, 5) is 11.9. The van der Waals surface area contributed by atoms with Crippen molar-refractivity contribution < 1.29 is 9.53 Å². The lowest BCUT2D eigenvalue weighted by Crippen LogP contribution is -2.42. The molecule has 0 aromatic carbocycles. The van der Waals surface area contributed by atoms with Gasteiger partial charge < -0.3 is 15.4 Å². The van der Waals surface area contributed by atoms with E-state index in [0.717, 1.165) is 32.5 Å². The molecule has 3 atom stereocenters. The van der Waals surface area contributed by atoms with Gasteiger partial charge in [0.2, 0.25) is 5.91 Å². The standard InChI is InChI=1S/C15H28N2O2.ClH/c1-11(2)15-12(5-4-8-19-15)10-17-14(18)9-13-6-3-7-16-13;/h11-13,15-16H,3-10H2,1-2H3,(H,17,18);1H. The summed E-state index contributed by atoms with van der Waals surface area (Å²) in [5.41, 5.74) is 0. The van der Waals surface area contributed by atoms with Crippen LogP contribution in [0, 0.1) is 11.8 Å². The number of halogens is 1. The number of ether oxygens (including phenoxy) is 1. The van der Waals surface area contributed by atoms with Crippen molar-refractivity contribution >= 4 is 18.3 Å². The molecule has 118 valence electrons. The molecule has 5 heteroatoms. The van der Waals surface area contributed by atoms with Crippen LogP contribution in [0.3, 0.4) is 0 Å². The molecule has 0 bridgehead atoms. The van der Waals surface area contributed by atoms with Crippen LogP contribution in [0.2, 0.25) is 0 Å². The van der Waals surface area contributed by atoms with Crippen molar-refractivity contribution in [2.45, 2.75) is 58.1 Å². The minimum Gasteiger partial charge on any atom is -0.378 e. The number of carbonyl (C=O) groups excluding carboxylic acids is 1. The lowest BCUT2D eigenvalue weighted by atomic mass is 9.87. The average molecular weight is 305 g/mol. The van der Waals surface area contributed by atoms with Gasteiger partial charge in [0.1, 0.15) is 0 Å². The van der Waals surface area contributed by atoms with Gasteiger partial charge >= 0.3 is 0 Å². The Morgan fingerprint density at radius 1 is 1.35 bits per heavy atom. The van der Waals surface area contributed by atoms with Crippen molar-refractivity contribution in [3.05, 3.63) is 0 Å². The van der Waals surface area contributed by atoms with Crippen LogP contribution in [0.1, 0.15) is 46.0 Å². The highest BCUT2D eigenvalue weighted by atomic mass is 35.5. The second-order valence-corrected chi connectivity index (χ2v) is 6.28. The molecule has 0 spiro atoms. The fourth-order valence-electron chi connectivity index (χ4n) is 3.29.